The molecule has 132 valence electrons. The molecule has 0 aliphatic rings. The number of aromatic nitrogens is 2. The van der Waals surface area contributed by atoms with E-state index in [0.717, 1.165) is 11.3 Å². The van der Waals surface area contributed by atoms with Crippen LogP contribution in [0.15, 0.2) is 73.3 Å². The molecule has 1 N–H and O–H groups in total. The monoisotopic (exact) mass is 349 g/mol. The lowest BCUT2D eigenvalue weighted by molar-refractivity contribution is -0.141. The summed E-state index contributed by atoms with van der Waals surface area (Å²) in [6, 6.07) is 16.1. The maximum absolute atomic E-state index is 12.7. The van der Waals surface area contributed by atoms with Gasteiger partial charge in [0.15, 0.2) is 0 Å². The van der Waals surface area contributed by atoms with Gasteiger partial charge in [-0.15, -0.1) is 0 Å². The number of imidazole rings is 1. The van der Waals surface area contributed by atoms with E-state index in [1.165, 1.54) is 7.11 Å². The standard InChI is InChI=1S/C20H19N3O3/c1-26-19(24)13-18(15-6-3-2-4-7-15)22-20(25)16-8-5-9-17(12-16)23-11-10-21-14-23/h2-12,14,18H,13H2,1H3,(H,22,25)/t18-/m1/s1. The van der Waals surface area contributed by atoms with Crippen LogP contribution in [0.25, 0.3) is 5.69 Å². The number of carbonyl (C=O) groups is 2. The van der Waals surface area contributed by atoms with E-state index >= 15 is 0 Å². The molecule has 3 aromatic rings. The molecule has 0 aliphatic carbocycles. The van der Waals surface area contributed by atoms with E-state index in [4.69, 9.17) is 4.74 Å². The summed E-state index contributed by atoms with van der Waals surface area (Å²) in [7, 11) is 1.33. The molecule has 0 radical (unpaired) electrons. The quantitative estimate of drug-likeness (QED) is 0.695. The van der Waals surface area contributed by atoms with E-state index in [1.807, 2.05) is 47.0 Å². The molecule has 1 amide bonds. The second-order valence-corrected chi connectivity index (χ2v) is 5.74. The minimum Gasteiger partial charge on any atom is -0.469 e. The van der Waals surface area contributed by atoms with Gasteiger partial charge in [0.1, 0.15) is 0 Å². The molecule has 0 bridgehead atoms. The van der Waals surface area contributed by atoms with Crippen LogP contribution in [0.3, 0.4) is 0 Å². The molecule has 3 rings (SSSR count). The number of nitrogens with zero attached hydrogens (tertiary/aromatic N) is 2. The van der Waals surface area contributed by atoms with E-state index in [9.17, 15) is 9.59 Å². The molecule has 26 heavy (non-hydrogen) atoms. The van der Waals surface area contributed by atoms with Crippen LogP contribution in [0, 0.1) is 0 Å². The highest BCUT2D eigenvalue weighted by atomic mass is 16.5. The summed E-state index contributed by atoms with van der Waals surface area (Å²) < 4.78 is 6.58. The number of carbonyl (C=O) groups excluding carboxylic acids is 2. The van der Waals surface area contributed by atoms with Crippen molar-refractivity contribution in [1.82, 2.24) is 14.9 Å². The smallest absolute Gasteiger partial charge is 0.307 e. The maximum atomic E-state index is 12.7. The number of ether oxygens (including phenoxy) is 1. The molecule has 0 saturated heterocycles. The Balaban J connectivity index is 1.81. The maximum Gasteiger partial charge on any atom is 0.307 e. The van der Waals surface area contributed by atoms with Crippen molar-refractivity contribution in [3.05, 3.63) is 84.4 Å². The van der Waals surface area contributed by atoms with Crippen LogP contribution in [0.5, 0.6) is 0 Å². The van der Waals surface area contributed by atoms with Crippen LogP contribution in [-0.2, 0) is 9.53 Å². The van der Waals surface area contributed by atoms with E-state index in [-0.39, 0.29) is 18.3 Å². The van der Waals surface area contributed by atoms with Crippen LogP contribution in [-0.4, -0.2) is 28.5 Å². The first kappa shape index (κ1) is 17.4. The third-order valence-corrected chi connectivity index (χ3v) is 4.02. The molecular weight excluding hydrogens is 330 g/mol. The molecule has 1 aromatic heterocycles. The van der Waals surface area contributed by atoms with E-state index in [1.54, 1.807) is 30.9 Å². The van der Waals surface area contributed by atoms with Gasteiger partial charge in [0.25, 0.3) is 5.91 Å². The fraction of sp³-hybridized carbons (Fsp3) is 0.150. The molecule has 0 fully saturated rings. The van der Waals surface area contributed by atoms with Crippen LogP contribution in [0.2, 0.25) is 0 Å². The van der Waals surface area contributed by atoms with Crippen molar-refractivity contribution in [2.45, 2.75) is 12.5 Å². The Morgan fingerprint density at radius 2 is 1.96 bits per heavy atom. The van der Waals surface area contributed by atoms with Gasteiger partial charge in [-0.25, -0.2) is 4.98 Å². The number of hydrogen-bond donors (Lipinski definition) is 1. The second kappa shape index (κ2) is 8.11. The number of rotatable bonds is 6. The van der Waals surface area contributed by atoms with Gasteiger partial charge < -0.3 is 14.6 Å². The number of esters is 1. The Kier molecular flexibility index (Phi) is 5.43. The third kappa shape index (κ3) is 4.16. The zero-order valence-corrected chi connectivity index (χ0v) is 14.3. The Labute approximate surface area is 151 Å². The third-order valence-electron chi connectivity index (χ3n) is 4.02. The van der Waals surface area contributed by atoms with Crippen molar-refractivity contribution >= 4 is 11.9 Å². The van der Waals surface area contributed by atoms with Crippen molar-refractivity contribution in [1.29, 1.82) is 0 Å². The zero-order valence-electron chi connectivity index (χ0n) is 14.3. The van der Waals surface area contributed by atoms with Gasteiger partial charge >= 0.3 is 5.97 Å². The summed E-state index contributed by atoms with van der Waals surface area (Å²) in [5.41, 5.74) is 2.18. The average molecular weight is 349 g/mol. The van der Waals surface area contributed by atoms with Crippen LogP contribution in [0.1, 0.15) is 28.4 Å². The minimum atomic E-state index is -0.465. The Hall–Kier alpha value is -3.41. The van der Waals surface area contributed by atoms with Crippen molar-refractivity contribution in [2.75, 3.05) is 7.11 Å². The van der Waals surface area contributed by atoms with E-state index in [2.05, 4.69) is 10.3 Å². The predicted molar refractivity (Wildman–Crippen MR) is 96.8 cm³/mol. The van der Waals surface area contributed by atoms with Gasteiger partial charge in [-0.2, -0.15) is 0 Å². The fourth-order valence-electron chi connectivity index (χ4n) is 2.65. The number of methoxy groups -OCH3 is 1. The molecule has 1 heterocycles. The van der Waals surface area contributed by atoms with Crippen molar-refractivity contribution in [3.63, 3.8) is 0 Å². The molecular formula is C20H19N3O3. The molecule has 6 heteroatoms. The molecule has 2 aromatic carbocycles. The van der Waals surface area contributed by atoms with Gasteiger partial charge in [-0.05, 0) is 23.8 Å². The summed E-state index contributed by atoms with van der Waals surface area (Å²) in [6.45, 7) is 0. The largest absolute Gasteiger partial charge is 0.469 e. The van der Waals surface area contributed by atoms with Crippen molar-refractivity contribution in [3.8, 4) is 5.69 Å². The first-order chi connectivity index (χ1) is 12.7. The van der Waals surface area contributed by atoms with Crippen molar-refractivity contribution < 1.29 is 14.3 Å². The topological polar surface area (TPSA) is 73.2 Å². The predicted octanol–water partition coefficient (Wildman–Crippen LogP) is 2.91. The summed E-state index contributed by atoms with van der Waals surface area (Å²) in [6.07, 6.45) is 5.21. The first-order valence-corrected chi connectivity index (χ1v) is 8.18. The zero-order chi connectivity index (χ0) is 18.4. The molecule has 0 unspecified atom stereocenters. The molecule has 0 saturated carbocycles. The second-order valence-electron chi connectivity index (χ2n) is 5.74. The number of nitrogens with one attached hydrogen (secondary N) is 1. The Morgan fingerprint density at radius 1 is 1.15 bits per heavy atom. The van der Waals surface area contributed by atoms with Gasteiger partial charge in [-0.3, -0.25) is 9.59 Å². The SMILES string of the molecule is COC(=O)C[C@@H](NC(=O)c1cccc(-n2ccnc2)c1)c1ccccc1. The van der Waals surface area contributed by atoms with Crippen LogP contribution >= 0.6 is 0 Å². The number of hydrogen-bond acceptors (Lipinski definition) is 4. The van der Waals surface area contributed by atoms with Gasteiger partial charge in [0.2, 0.25) is 0 Å². The van der Waals surface area contributed by atoms with E-state index < -0.39 is 6.04 Å². The summed E-state index contributed by atoms with van der Waals surface area (Å²) in [5.74, 6) is -0.643. The summed E-state index contributed by atoms with van der Waals surface area (Å²) in [4.78, 5) is 28.5. The average Bonchev–Trinajstić information content (AvgIpc) is 3.23. The van der Waals surface area contributed by atoms with Gasteiger partial charge in [0.05, 0.1) is 25.9 Å². The number of benzene rings is 2. The van der Waals surface area contributed by atoms with Gasteiger partial charge in [-0.1, -0.05) is 36.4 Å². The molecule has 0 spiro atoms. The highest BCUT2D eigenvalue weighted by Gasteiger charge is 2.19. The molecule has 1 atom stereocenters. The minimum absolute atomic E-state index is 0.0630. The summed E-state index contributed by atoms with van der Waals surface area (Å²) >= 11 is 0. The lowest BCUT2D eigenvalue weighted by Crippen LogP contribution is -2.30. The summed E-state index contributed by atoms with van der Waals surface area (Å²) in [5, 5.41) is 2.92. The molecule has 0 aliphatic heterocycles. The van der Waals surface area contributed by atoms with Crippen LogP contribution < -0.4 is 5.32 Å². The highest BCUT2D eigenvalue weighted by molar-refractivity contribution is 5.95. The molecule has 6 nitrogen and oxygen atoms in total. The lowest BCUT2D eigenvalue weighted by Gasteiger charge is -2.18. The number of amides is 1. The highest BCUT2D eigenvalue weighted by Crippen LogP contribution is 2.19. The van der Waals surface area contributed by atoms with Gasteiger partial charge in [0, 0.05) is 23.6 Å². The Bertz CT molecular complexity index is 876. The van der Waals surface area contributed by atoms with Crippen LogP contribution in [0.4, 0.5) is 0 Å². The first-order valence-electron chi connectivity index (χ1n) is 8.18. The van der Waals surface area contributed by atoms with Crippen molar-refractivity contribution in [2.24, 2.45) is 0 Å². The normalized spacial score (nSPS) is 11.6. The lowest BCUT2D eigenvalue weighted by atomic mass is 10.0. The Morgan fingerprint density at radius 3 is 2.65 bits per heavy atom. The van der Waals surface area contributed by atoms with E-state index in [0.29, 0.717) is 5.56 Å². The fourth-order valence-corrected chi connectivity index (χ4v) is 2.65.